The Morgan fingerprint density at radius 2 is 2.12 bits per heavy atom. The summed E-state index contributed by atoms with van der Waals surface area (Å²) in [7, 11) is 0. The molecule has 1 heterocycles. The van der Waals surface area contributed by atoms with Crippen molar-refractivity contribution in [3.63, 3.8) is 0 Å². The van der Waals surface area contributed by atoms with Crippen molar-refractivity contribution in [1.82, 2.24) is 4.98 Å². The van der Waals surface area contributed by atoms with Crippen molar-refractivity contribution >= 4 is 16.9 Å². The number of hydrogen-bond donors (Lipinski definition) is 0. The number of aromatic nitrogens is 1. The number of hydrogen-bond acceptors (Lipinski definition) is 2. The van der Waals surface area contributed by atoms with Gasteiger partial charge >= 0.3 is 6.18 Å². The molecule has 0 aromatic carbocycles. The Balaban J connectivity index is 3.13. The number of allylic oxidation sites excluding steroid dienone is 5. The summed E-state index contributed by atoms with van der Waals surface area (Å²) in [6.07, 6.45) is -0.258. The summed E-state index contributed by atoms with van der Waals surface area (Å²) in [6, 6.07) is 0. The number of halogens is 3. The second-order valence-electron chi connectivity index (χ2n) is 3.48. The molecular formula is C12H12F3NS. The van der Waals surface area contributed by atoms with Crippen molar-refractivity contribution in [2.24, 2.45) is 0 Å². The minimum Gasteiger partial charge on any atom is -0.241 e. The van der Waals surface area contributed by atoms with E-state index in [0.29, 0.717) is 10.6 Å². The predicted molar refractivity (Wildman–Crippen MR) is 64.8 cm³/mol. The highest BCUT2D eigenvalue weighted by atomic mass is 32.1. The first-order valence-corrected chi connectivity index (χ1v) is 5.73. The molecule has 0 saturated heterocycles. The first kappa shape index (κ1) is 13.7. The van der Waals surface area contributed by atoms with Crippen molar-refractivity contribution in [1.29, 1.82) is 0 Å². The van der Waals surface area contributed by atoms with Gasteiger partial charge in [-0.25, -0.2) is 4.98 Å². The second kappa shape index (κ2) is 5.31. The van der Waals surface area contributed by atoms with Gasteiger partial charge in [-0.2, -0.15) is 13.2 Å². The summed E-state index contributed by atoms with van der Waals surface area (Å²) in [5, 5.41) is 2.36. The van der Waals surface area contributed by atoms with Gasteiger partial charge in [-0.1, -0.05) is 18.7 Å². The van der Waals surface area contributed by atoms with Crippen LogP contribution in [0.5, 0.6) is 0 Å². The molecule has 0 atom stereocenters. The molecule has 0 radical (unpaired) electrons. The predicted octanol–water partition coefficient (Wildman–Crippen LogP) is 4.53. The molecule has 17 heavy (non-hydrogen) atoms. The lowest BCUT2D eigenvalue weighted by Gasteiger charge is -2.06. The van der Waals surface area contributed by atoms with Crippen LogP contribution in [-0.4, -0.2) is 11.2 Å². The molecule has 0 bridgehead atoms. The highest BCUT2D eigenvalue weighted by Crippen LogP contribution is 2.29. The largest absolute Gasteiger partial charge is 0.412 e. The van der Waals surface area contributed by atoms with Crippen LogP contribution in [0.4, 0.5) is 13.2 Å². The first-order chi connectivity index (χ1) is 7.84. The van der Waals surface area contributed by atoms with Crippen molar-refractivity contribution in [3.05, 3.63) is 46.5 Å². The normalized spacial score (nSPS) is 13.9. The molecule has 92 valence electrons. The molecule has 1 nitrogen and oxygen atoms in total. The fourth-order valence-electron chi connectivity index (χ4n) is 1.11. The Hall–Kier alpha value is -1.36. The second-order valence-corrected chi connectivity index (χ2v) is 4.33. The van der Waals surface area contributed by atoms with E-state index in [1.807, 2.05) is 0 Å². The standard InChI is InChI=1S/C12H12F3NS/c1-4-5-10(6-8(2)12(13,14)15)11-16-9(3)7-17-11/h4-7H,1H2,2-3H3/b8-6+,10-5+. The van der Waals surface area contributed by atoms with E-state index in [0.717, 1.165) is 18.7 Å². The molecule has 0 N–H and O–H groups in total. The van der Waals surface area contributed by atoms with Gasteiger partial charge in [0.05, 0.1) is 0 Å². The topological polar surface area (TPSA) is 12.9 Å². The Morgan fingerprint density at radius 1 is 1.47 bits per heavy atom. The van der Waals surface area contributed by atoms with Crippen molar-refractivity contribution in [2.75, 3.05) is 0 Å². The van der Waals surface area contributed by atoms with Gasteiger partial charge in [0.15, 0.2) is 0 Å². The highest BCUT2D eigenvalue weighted by Gasteiger charge is 2.30. The van der Waals surface area contributed by atoms with Crippen LogP contribution in [0.15, 0.2) is 35.8 Å². The number of aryl methyl sites for hydroxylation is 1. The van der Waals surface area contributed by atoms with Gasteiger partial charge in [0, 0.05) is 22.2 Å². The van der Waals surface area contributed by atoms with Gasteiger partial charge in [-0.15, -0.1) is 11.3 Å². The van der Waals surface area contributed by atoms with Crippen LogP contribution in [0.1, 0.15) is 17.6 Å². The van der Waals surface area contributed by atoms with Gasteiger partial charge in [-0.3, -0.25) is 0 Å². The van der Waals surface area contributed by atoms with Gasteiger partial charge in [0.25, 0.3) is 0 Å². The molecule has 0 aliphatic rings. The van der Waals surface area contributed by atoms with E-state index in [-0.39, 0.29) is 0 Å². The number of alkyl halides is 3. The molecule has 0 aliphatic heterocycles. The summed E-state index contributed by atoms with van der Waals surface area (Å²) in [5.74, 6) is 0. The molecule has 0 unspecified atom stereocenters. The van der Waals surface area contributed by atoms with Crippen LogP contribution in [0, 0.1) is 6.92 Å². The minimum absolute atomic E-state index is 0.424. The van der Waals surface area contributed by atoms with E-state index in [1.165, 1.54) is 23.5 Å². The molecule has 1 aromatic heterocycles. The molecule has 0 aliphatic carbocycles. The monoisotopic (exact) mass is 259 g/mol. The molecule has 1 rings (SSSR count). The minimum atomic E-state index is -4.31. The Morgan fingerprint density at radius 3 is 2.53 bits per heavy atom. The van der Waals surface area contributed by atoms with Crippen LogP contribution < -0.4 is 0 Å². The van der Waals surface area contributed by atoms with Crippen LogP contribution in [-0.2, 0) is 0 Å². The Kier molecular flexibility index (Phi) is 4.28. The summed E-state index contributed by atoms with van der Waals surface area (Å²) >= 11 is 1.31. The van der Waals surface area contributed by atoms with Crippen molar-refractivity contribution < 1.29 is 13.2 Å². The highest BCUT2D eigenvalue weighted by molar-refractivity contribution is 7.10. The van der Waals surface area contributed by atoms with Crippen LogP contribution >= 0.6 is 11.3 Å². The van der Waals surface area contributed by atoms with Crippen LogP contribution in [0.2, 0.25) is 0 Å². The maximum Gasteiger partial charge on any atom is 0.412 e. The van der Waals surface area contributed by atoms with Crippen molar-refractivity contribution in [2.45, 2.75) is 20.0 Å². The van der Waals surface area contributed by atoms with Gasteiger partial charge in [-0.05, 0) is 19.9 Å². The van der Waals surface area contributed by atoms with E-state index in [1.54, 1.807) is 12.3 Å². The van der Waals surface area contributed by atoms with E-state index in [4.69, 9.17) is 0 Å². The average molecular weight is 259 g/mol. The van der Waals surface area contributed by atoms with E-state index >= 15 is 0 Å². The smallest absolute Gasteiger partial charge is 0.241 e. The van der Waals surface area contributed by atoms with Gasteiger partial charge < -0.3 is 0 Å². The summed E-state index contributed by atoms with van der Waals surface area (Å²) in [5.41, 5.74) is 0.560. The molecule has 0 amide bonds. The third-order valence-electron chi connectivity index (χ3n) is 1.98. The Labute approximate surface area is 102 Å². The maximum atomic E-state index is 12.4. The van der Waals surface area contributed by atoms with E-state index < -0.39 is 11.7 Å². The number of nitrogens with zero attached hydrogens (tertiary/aromatic N) is 1. The van der Waals surface area contributed by atoms with Crippen molar-refractivity contribution in [3.8, 4) is 0 Å². The molecule has 1 aromatic rings. The van der Waals surface area contributed by atoms with Gasteiger partial charge in [0.1, 0.15) is 5.01 Å². The molecular weight excluding hydrogens is 247 g/mol. The number of rotatable bonds is 3. The summed E-state index contributed by atoms with van der Waals surface area (Å²) < 4.78 is 37.3. The zero-order valence-electron chi connectivity index (χ0n) is 9.51. The zero-order chi connectivity index (χ0) is 13.1. The number of thiazole rings is 1. The molecule has 0 saturated carbocycles. The molecule has 5 heteroatoms. The fraction of sp³-hybridized carbons (Fsp3) is 0.250. The van der Waals surface area contributed by atoms with E-state index in [9.17, 15) is 13.2 Å². The lowest BCUT2D eigenvalue weighted by atomic mass is 10.1. The maximum absolute atomic E-state index is 12.4. The van der Waals surface area contributed by atoms with Crippen LogP contribution in [0.3, 0.4) is 0 Å². The third kappa shape index (κ3) is 3.85. The summed E-state index contributed by atoms with van der Waals surface area (Å²) in [4.78, 5) is 4.16. The van der Waals surface area contributed by atoms with Gasteiger partial charge in [0.2, 0.25) is 0 Å². The average Bonchev–Trinajstić information content (AvgIpc) is 2.62. The van der Waals surface area contributed by atoms with Crippen LogP contribution in [0.25, 0.3) is 5.57 Å². The Bertz CT molecular complexity index is 466. The molecule has 0 spiro atoms. The summed E-state index contributed by atoms with van der Waals surface area (Å²) in [6.45, 7) is 6.33. The SMILES string of the molecule is C=C/C=C(\C=C(/C)C(F)(F)F)c1nc(C)cs1. The van der Waals surface area contributed by atoms with E-state index in [2.05, 4.69) is 11.6 Å². The quantitative estimate of drug-likeness (QED) is 0.727. The molecule has 0 fully saturated rings. The lowest BCUT2D eigenvalue weighted by Crippen LogP contribution is -2.08. The zero-order valence-corrected chi connectivity index (χ0v) is 10.3. The third-order valence-corrected chi connectivity index (χ3v) is 2.99. The lowest BCUT2D eigenvalue weighted by molar-refractivity contribution is -0.0912. The fourth-order valence-corrected chi connectivity index (χ4v) is 1.90. The first-order valence-electron chi connectivity index (χ1n) is 4.85.